The van der Waals surface area contributed by atoms with Crippen LogP contribution in [0.3, 0.4) is 0 Å². The molecule has 0 aliphatic carbocycles. The molecule has 1 heterocycles. The van der Waals surface area contributed by atoms with Gasteiger partial charge in [-0.2, -0.15) is 0 Å². The van der Waals surface area contributed by atoms with Gasteiger partial charge in [-0.3, -0.25) is 4.21 Å². The summed E-state index contributed by atoms with van der Waals surface area (Å²) in [6, 6.07) is 6.91. The molecule has 0 saturated carbocycles. The number of fused-ring (bicyclic) bond motifs is 1. The molecule has 1 aromatic rings. The predicted octanol–water partition coefficient (Wildman–Crippen LogP) is 2.98. The zero-order valence-corrected chi connectivity index (χ0v) is 14.0. The molecule has 5 heteroatoms. The van der Waals surface area contributed by atoms with Gasteiger partial charge in [0.1, 0.15) is 5.75 Å². The number of methoxy groups -OCH3 is 1. The van der Waals surface area contributed by atoms with E-state index in [9.17, 15) is 4.21 Å². The minimum atomic E-state index is -0.761. The van der Waals surface area contributed by atoms with Crippen molar-refractivity contribution in [1.29, 1.82) is 0 Å². The maximum atomic E-state index is 11.4. The van der Waals surface area contributed by atoms with Gasteiger partial charge in [-0.15, -0.1) is 11.8 Å². The Morgan fingerprint density at radius 2 is 2.35 bits per heavy atom. The SMILES string of the molecule is COc1ccc2c(c1)[C@H](N[C@@H](C)C[S@@](C)=O)CCCS2. The topological polar surface area (TPSA) is 38.3 Å². The van der Waals surface area contributed by atoms with Crippen LogP contribution in [0.2, 0.25) is 0 Å². The number of rotatable bonds is 5. The van der Waals surface area contributed by atoms with Crippen molar-refractivity contribution in [2.24, 2.45) is 0 Å². The maximum Gasteiger partial charge on any atom is 0.119 e. The van der Waals surface area contributed by atoms with Gasteiger partial charge in [0.25, 0.3) is 0 Å². The third kappa shape index (κ3) is 4.24. The molecular formula is C15H23NO2S2. The van der Waals surface area contributed by atoms with Crippen molar-refractivity contribution >= 4 is 22.6 Å². The third-order valence-corrected chi connectivity index (χ3v) is 5.60. The van der Waals surface area contributed by atoms with Crippen LogP contribution in [0.15, 0.2) is 23.1 Å². The summed E-state index contributed by atoms with van der Waals surface area (Å²) in [6.45, 7) is 2.11. The van der Waals surface area contributed by atoms with Crippen molar-refractivity contribution in [2.45, 2.75) is 36.7 Å². The highest BCUT2D eigenvalue weighted by atomic mass is 32.2. The first-order chi connectivity index (χ1) is 9.60. The molecule has 1 N–H and O–H groups in total. The fraction of sp³-hybridized carbons (Fsp3) is 0.600. The molecule has 0 spiro atoms. The third-order valence-electron chi connectivity index (χ3n) is 3.46. The molecule has 0 aromatic heterocycles. The molecule has 3 nitrogen and oxygen atoms in total. The van der Waals surface area contributed by atoms with Crippen molar-refractivity contribution in [1.82, 2.24) is 5.32 Å². The number of hydrogen-bond acceptors (Lipinski definition) is 4. The van der Waals surface area contributed by atoms with Crippen LogP contribution in [0.5, 0.6) is 5.75 Å². The fourth-order valence-electron chi connectivity index (χ4n) is 2.60. The summed E-state index contributed by atoms with van der Waals surface area (Å²) in [7, 11) is 0.945. The van der Waals surface area contributed by atoms with Gasteiger partial charge in [-0.05, 0) is 49.3 Å². The van der Waals surface area contributed by atoms with E-state index < -0.39 is 10.8 Å². The van der Waals surface area contributed by atoms with Gasteiger partial charge < -0.3 is 10.1 Å². The summed E-state index contributed by atoms with van der Waals surface area (Å²) in [6.07, 6.45) is 4.08. The summed E-state index contributed by atoms with van der Waals surface area (Å²) in [5.41, 5.74) is 1.32. The number of ether oxygens (including phenoxy) is 1. The van der Waals surface area contributed by atoms with E-state index in [1.807, 2.05) is 17.8 Å². The lowest BCUT2D eigenvalue weighted by Crippen LogP contribution is -2.34. The zero-order valence-electron chi connectivity index (χ0n) is 12.3. The molecule has 3 atom stereocenters. The molecule has 1 aliphatic rings. The number of hydrogen-bond donors (Lipinski definition) is 1. The van der Waals surface area contributed by atoms with Crippen LogP contribution in [0.25, 0.3) is 0 Å². The lowest BCUT2D eigenvalue weighted by molar-refractivity contribution is 0.409. The average Bonchev–Trinajstić information content (AvgIpc) is 2.60. The predicted molar refractivity (Wildman–Crippen MR) is 87.2 cm³/mol. The number of nitrogens with one attached hydrogen (secondary N) is 1. The highest BCUT2D eigenvalue weighted by Gasteiger charge is 2.21. The van der Waals surface area contributed by atoms with Crippen LogP contribution in [0, 0.1) is 0 Å². The highest BCUT2D eigenvalue weighted by molar-refractivity contribution is 7.99. The molecule has 112 valence electrons. The Kier molecular flexibility index (Phi) is 5.93. The standard InChI is InChI=1S/C15H23NO2S2/c1-11(10-20(3)17)16-14-5-4-8-19-15-7-6-12(18-2)9-13(14)15/h6-7,9,11,14,16H,4-5,8,10H2,1-3H3/t11-,14+,20+/m0/s1. The number of thioether (sulfide) groups is 1. The minimum Gasteiger partial charge on any atom is -0.497 e. The summed E-state index contributed by atoms with van der Waals surface area (Å²) >= 11 is 1.92. The van der Waals surface area contributed by atoms with Crippen molar-refractivity contribution in [3.63, 3.8) is 0 Å². The van der Waals surface area contributed by atoms with Crippen LogP contribution >= 0.6 is 11.8 Å². The monoisotopic (exact) mass is 313 g/mol. The fourth-order valence-corrected chi connectivity index (χ4v) is 4.46. The number of benzene rings is 1. The lowest BCUT2D eigenvalue weighted by Gasteiger charge is -2.23. The lowest BCUT2D eigenvalue weighted by atomic mass is 10.0. The molecule has 0 fully saturated rings. The Hall–Kier alpha value is -0.520. The molecule has 0 amide bonds. The average molecular weight is 313 g/mol. The summed E-state index contributed by atoms with van der Waals surface area (Å²) in [5, 5.41) is 3.64. The van der Waals surface area contributed by atoms with Crippen molar-refractivity contribution in [2.75, 3.05) is 24.9 Å². The first kappa shape index (κ1) is 15.9. The van der Waals surface area contributed by atoms with Gasteiger partial charge in [0.2, 0.25) is 0 Å². The quantitative estimate of drug-likeness (QED) is 0.907. The van der Waals surface area contributed by atoms with E-state index in [2.05, 4.69) is 24.4 Å². The normalized spacial score (nSPS) is 21.6. The molecule has 20 heavy (non-hydrogen) atoms. The highest BCUT2D eigenvalue weighted by Crippen LogP contribution is 2.37. The van der Waals surface area contributed by atoms with Crippen molar-refractivity contribution < 1.29 is 8.95 Å². The van der Waals surface area contributed by atoms with E-state index in [1.165, 1.54) is 16.9 Å². The second-order valence-corrected chi connectivity index (χ2v) is 7.87. The molecular weight excluding hydrogens is 290 g/mol. The van der Waals surface area contributed by atoms with E-state index in [0.717, 1.165) is 17.9 Å². The smallest absolute Gasteiger partial charge is 0.119 e. The van der Waals surface area contributed by atoms with E-state index in [-0.39, 0.29) is 6.04 Å². The van der Waals surface area contributed by atoms with Crippen molar-refractivity contribution in [3.8, 4) is 5.75 Å². The maximum absolute atomic E-state index is 11.4. The molecule has 0 bridgehead atoms. The van der Waals surface area contributed by atoms with E-state index in [0.29, 0.717) is 11.8 Å². The first-order valence-corrected chi connectivity index (χ1v) is 9.68. The van der Waals surface area contributed by atoms with E-state index >= 15 is 0 Å². The first-order valence-electron chi connectivity index (χ1n) is 6.97. The van der Waals surface area contributed by atoms with Crippen LogP contribution in [-0.2, 0) is 10.8 Å². The van der Waals surface area contributed by atoms with E-state index in [1.54, 1.807) is 13.4 Å². The van der Waals surface area contributed by atoms with E-state index in [4.69, 9.17) is 4.74 Å². The van der Waals surface area contributed by atoms with Crippen molar-refractivity contribution in [3.05, 3.63) is 23.8 Å². The van der Waals surface area contributed by atoms with Gasteiger partial charge in [-0.1, -0.05) is 0 Å². The second kappa shape index (κ2) is 7.48. The Morgan fingerprint density at radius 3 is 3.05 bits per heavy atom. The van der Waals surface area contributed by atoms with Gasteiger partial charge in [0.05, 0.1) is 7.11 Å². The zero-order chi connectivity index (χ0) is 14.5. The van der Waals surface area contributed by atoms with Crippen LogP contribution in [0.1, 0.15) is 31.4 Å². The summed E-state index contributed by atoms with van der Waals surface area (Å²) < 4.78 is 16.7. The second-order valence-electron chi connectivity index (χ2n) is 5.25. The Balaban J connectivity index is 2.19. The Morgan fingerprint density at radius 1 is 1.55 bits per heavy atom. The molecule has 1 aromatic carbocycles. The largest absolute Gasteiger partial charge is 0.497 e. The molecule has 1 aliphatic heterocycles. The molecule has 0 radical (unpaired) electrons. The molecule has 0 saturated heterocycles. The summed E-state index contributed by atoms with van der Waals surface area (Å²) in [4.78, 5) is 1.34. The van der Waals surface area contributed by atoms with Crippen LogP contribution < -0.4 is 10.1 Å². The van der Waals surface area contributed by atoms with Crippen LogP contribution in [0.4, 0.5) is 0 Å². The Labute approximate surface area is 128 Å². The molecule has 2 rings (SSSR count). The van der Waals surface area contributed by atoms with Gasteiger partial charge in [0.15, 0.2) is 0 Å². The molecule has 0 unspecified atom stereocenters. The van der Waals surface area contributed by atoms with Crippen LogP contribution in [-0.4, -0.2) is 35.1 Å². The van der Waals surface area contributed by atoms with Gasteiger partial charge in [0, 0.05) is 39.8 Å². The summed E-state index contributed by atoms with van der Waals surface area (Å²) in [5.74, 6) is 2.76. The van der Waals surface area contributed by atoms with Gasteiger partial charge in [-0.25, -0.2) is 0 Å². The van der Waals surface area contributed by atoms with Gasteiger partial charge >= 0.3 is 0 Å². The minimum absolute atomic E-state index is 0.257. The Bertz CT molecular complexity index is 479.